The average molecular weight is 236 g/mol. The van der Waals surface area contributed by atoms with Gasteiger partial charge in [-0.15, -0.1) is 11.8 Å². The largest absolute Gasteiger partial charge is 0.398 e. The molecule has 0 radical (unpaired) electrons. The van der Waals surface area contributed by atoms with Crippen LogP contribution in [0.5, 0.6) is 0 Å². The van der Waals surface area contributed by atoms with Gasteiger partial charge in [-0.05, 0) is 24.6 Å². The SMILES string of the molecule is CC(O)c1ccc(SCC(F)(F)F)cc1. The molecule has 0 aliphatic heterocycles. The highest BCUT2D eigenvalue weighted by molar-refractivity contribution is 7.99. The summed E-state index contributed by atoms with van der Waals surface area (Å²) in [6.07, 6.45) is -4.74. The van der Waals surface area contributed by atoms with Crippen LogP contribution in [0.2, 0.25) is 0 Å². The third-order valence-corrected chi connectivity index (χ3v) is 2.84. The van der Waals surface area contributed by atoms with Crippen molar-refractivity contribution < 1.29 is 18.3 Å². The molecule has 84 valence electrons. The summed E-state index contributed by atoms with van der Waals surface area (Å²) in [6.45, 7) is 1.61. The van der Waals surface area contributed by atoms with Gasteiger partial charge in [-0.2, -0.15) is 13.2 Å². The number of aliphatic hydroxyl groups is 1. The van der Waals surface area contributed by atoms with Gasteiger partial charge in [-0.25, -0.2) is 0 Å². The first-order valence-electron chi connectivity index (χ1n) is 4.36. The molecule has 0 aliphatic carbocycles. The minimum Gasteiger partial charge on any atom is -0.389 e. The first-order valence-corrected chi connectivity index (χ1v) is 5.34. The predicted octanol–water partition coefficient (Wildman–Crippen LogP) is 3.39. The van der Waals surface area contributed by atoms with Gasteiger partial charge >= 0.3 is 6.18 Å². The van der Waals surface area contributed by atoms with Crippen LogP contribution in [0.25, 0.3) is 0 Å². The Morgan fingerprint density at radius 3 is 2.20 bits per heavy atom. The Morgan fingerprint density at radius 1 is 1.27 bits per heavy atom. The van der Waals surface area contributed by atoms with Crippen molar-refractivity contribution in [3.63, 3.8) is 0 Å². The van der Waals surface area contributed by atoms with Crippen LogP contribution in [0, 0.1) is 0 Å². The summed E-state index contributed by atoms with van der Waals surface area (Å²) in [5.74, 6) is -0.888. The van der Waals surface area contributed by atoms with Gasteiger partial charge in [-0.3, -0.25) is 0 Å². The van der Waals surface area contributed by atoms with E-state index in [4.69, 9.17) is 0 Å². The molecular formula is C10H11F3OS. The third-order valence-electron chi connectivity index (χ3n) is 1.77. The maximum Gasteiger partial charge on any atom is 0.398 e. The number of thioether (sulfide) groups is 1. The van der Waals surface area contributed by atoms with E-state index >= 15 is 0 Å². The van der Waals surface area contributed by atoms with E-state index in [-0.39, 0.29) is 0 Å². The summed E-state index contributed by atoms with van der Waals surface area (Å²) in [5, 5.41) is 9.19. The number of halogens is 3. The fraction of sp³-hybridized carbons (Fsp3) is 0.400. The van der Waals surface area contributed by atoms with E-state index < -0.39 is 18.0 Å². The molecule has 5 heteroatoms. The number of hydrogen-bond donors (Lipinski definition) is 1. The molecule has 0 saturated heterocycles. The molecule has 0 fully saturated rings. The summed E-state index contributed by atoms with van der Waals surface area (Å²) < 4.78 is 35.7. The van der Waals surface area contributed by atoms with Crippen molar-refractivity contribution >= 4 is 11.8 Å². The summed E-state index contributed by atoms with van der Waals surface area (Å²) in [7, 11) is 0. The summed E-state index contributed by atoms with van der Waals surface area (Å²) in [6, 6.07) is 6.42. The molecule has 1 N–H and O–H groups in total. The van der Waals surface area contributed by atoms with Crippen molar-refractivity contribution in [2.45, 2.75) is 24.1 Å². The highest BCUT2D eigenvalue weighted by Gasteiger charge is 2.27. The van der Waals surface area contributed by atoms with Crippen LogP contribution in [0.1, 0.15) is 18.6 Å². The zero-order valence-corrected chi connectivity index (χ0v) is 8.90. The first-order chi connectivity index (χ1) is 6.88. The van der Waals surface area contributed by atoms with Crippen LogP contribution >= 0.6 is 11.8 Å². The van der Waals surface area contributed by atoms with E-state index in [9.17, 15) is 18.3 Å². The Morgan fingerprint density at radius 2 is 1.80 bits per heavy atom. The monoisotopic (exact) mass is 236 g/mol. The molecule has 1 atom stereocenters. The fourth-order valence-corrected chi connectivity index (χ4v) is 1.67. The quantitative estimate of drug-likeness (QED) is 0.812. The Kier molecular flexibility index (Phi) is 4.04. The molecule has 0 spiro atoms. The van der Waals surface area contributed by atoms with Crippen molar-refractivity contribution in [3.05, 3.63) is 29.8 Å². The molecular weight excluding hydrogens is 225 g/mol. The van der Waals surface area contributed by atoms with Crippen LogP contribution in [0.4, 0.5) is 13.2 Å². The molecule has 0 amide bonds. The van der Waals surface area contributed by atoms with E-state index in [1.165, 1.54) is 0 Å². The zero-order chi connectivity index (χ0) is 11.5. The minimum absolute atomic E-state index is 0.553. The normalized spacial score (nSPS) is 13.9. The van der Waals surface area contributed by atoms with Gasteiger partial charge in [0.1, 0.15) is 0 Å². The lowest BCUT2D eigenvalue weighted by molar-refractivity contribution is -0.105. The predicted molar refractivity (Wildman–Crippen MR) is 53.9 cm³/mol. The van der Waals surface area contributed by atoms with Gasteiger partial charge < -0.3 is 5.11 Å². The maximum absolute atomic E-state index is 11.9. The van der Waals surface area contributed by atoms with Gasteiger partial charge in [0, 0.05) is 4.90 Å². The lowest BCUT2D eigenvalue weighted by Gasteiger charge is -2.07. The number of hydrogen-bond acceptors (Lipinski definition) is 2. The Hall–Kier alpha value is -0.680. The van der Waals surface area contributed by atoms with E-state index in [0.29, 0.717) is 10.5 Å². The second-order valence-corrected chi connectivity index (χ2v) is 4.20. The highest BCUT2D eigenvalue weighted by Crippen LogP contribution is 2.27. The van der Waals surface area contributed by atoms with Crippen LogP contribution < -0.4 is 0 Å². The standard InChI is InChI=1S/C10H11F3OS/c1-7(14)8-2-4-9(5-3-8)15-6-10(11,12)13/h2-5,7,14H,6H2,1H3. The smallest absolute Gasteiger partial charge is 0.389 e. The maximum atomic E-state index is 11.9. The molecule has 0 aromatic heterocycles. The molecule has 15 heavy (non-hydrogen) atoms. The Labute approximate surface area is 90.3 Å². The number of rotatable bonds is 3. The molecule has 1 nitrogen and oxygen atoms in total. The van der Waals surface area contributed by atoms with Crippen molar-refractivity contribution in [1.29, 1.82) is 0 Å². The highest BCUT2D eigenvalue weighted by atomic mass is 32.2. The molecule has 1 aromatic rings. The Bertz CT molecular complexity index is 305. The molecule has 1 unspecified atom stereocenters. The van der Waals surface area contributed by atoms with Crippen molar-refractivity contribution in [3.8, 4) is 0 Å². The first kappa shape index (κ1) is 12.4. The fourth-order valence-electron chi connectivity index (χ4n) is 1.01. The van der Waals surface area contributed by atoms with E-state index in [0.717, 1.165) is 11.8 Å². The lowest BCUT2D eigenvalue weighted by atomic mass is 10.1. The van der Waals surface area contributed by atoms with Gasteiger partial charge in [0.15, 0.2) is 0 Å². The van der Waals surface area contributed by atoms with Crippen molar-refractivity contribution in [1.82, 2.24) is 0 Å². The van der Waals surface area contributed by atoms with Gasteiger partial charge in [0.05, 0.1) is 11.9 Å². The molecule has 0 saturated carbocycles. The van der Waals surface area contributed by atoms with Crippen LogP contribution in [0.3, 0.4) is 0 Å². The molecule has 0 heterocycles. The average Bonchev–Trinajstić information content (AvgIpc) is 2.14. The van der Waals surface area contributed by atoms with Crippen LogP contribution in [0.15, 0.2) is 29.2 Å². The molecule has 1 aromatic carbocycles. The van der Waals surface area contributed by atoms with Crippen LogP contribution in [-0.4, -0.2) is 17.0 Å². The van der Waals surface area contributed by atoms with Crippen LogP contribution in [-0.2, 0) is 0 Å². The summed E-state index contributed by atoms with van der Waals surface area (Å²) >= 11 is 0.741. The number of aliphatic hydroxyl groups excluding tert-OH is 1. The second-order valence-electron chi connectivity index (χ2n) is 3.15. The third kappa shape index (κ3) is 4.57. The van der Waals surface area contributed by atoms with Gasteiger partial charge in [-0.1, -0.05) is 12.1 Å². The molecule has 0 aliphatic rings. The molecule has 1 rings (SSSR count). The number of alkyl halides is 3. The van der Waals surface area contributed by atoms with Crippen molar-refractivity contribution in [2.75, 3.05) is 5.75 Å². The van der Waals surface area contributed by atoms with E-state index in [2.05, 4.69) is 0 Å². The van der Waals surface area contributed by atoms with Crippen molar-refractivity contribution in [2.24, 2.45) is 0 Å². The Balaban J connectivity index is 2.57. The lowest BCUT2D eigenvalue weighted by Crippen LogP contribution is -2.10. The summed E-state index contributed by atoms with van der Waals surface area (Å²) in [5.41, 5.74) is 0.700. The summed E-state index contributed by atoms with van der Waals surface area (Å²) in [4.78, 5) is 0.553. The number of benzene rings is 1. The zero-order valence-electron chi connectivity index (χ0n) is 8.08. The van der Waals surface area contributed by atoms with Gasteiger partial charge in [0.2, 0.25) is 0 Å². The topological polar surface area (TPSA) is 20.2 Å². The minimum atomic E-state index is -4.15. The molecule has 0 bridgehead atoms. The second kappa shape index (κ2) is 4.90. The van der Waals surface area contributed by atoms with E-state index in [1.807, 2.05) is 0 Å². The van der Waals surface area contributed by atoms with E-state index in [1.54, 1.807) is 31.2 Å². The van der Waals surface area contributed by atoms with Gasteiger partial charge in [0.25, 0.3) is 0 Å².